The minimum Gasteiger partial charge on any atom is -0.490 e. The first kappa shape index (κ1) is 20.9. The second kappa shape index (κ2) is 8.43. The van der Waals surface area contributed by atoms with Crippen LogP contribution >= 0.6 is 0 Å². The molecule has 4 rings (SSSR count). The number of ether oxygens (including phenoxy) is 2. The first-order chi connectivity index (χ1) is 14.3. The number of hydrogen-bond donors (Lipinski definition) is 1. The number of hydrogen-bond acceptors (Lipinski definition) is 4. The van der Waals surface area contributed by atoms with Crippen LogP contribution in [0.4, 0.5) is 17.6 Å². The molecule has 8 heteroatoms. The summed E-state index contributed by atoms with van der Waals surface area (Å²) in [5.74, 6) is -0.0453. The van der Waals surface area contributed by atoms with Gasteiger partial charge in [0.1, 0.15) is 17.3 Å². The van der Waals surface area contributed by atoms with Crippen LogP contribution in [0.15, 0.2) is 42.5 Å². The highest BCUT2D eigenvalue weighted by Gasteiger charge is 2.34. The number of alkyl halides is 3. The van der Waals surface area contributed by atoms with Crippen molar-refractivity contribution in [3.8, 4) is 11.5 Å². The van der Waals surface area contributed by atoms with Gasteiger partial charge in [0.05, 0.1) is 12.1 Å². The molecule has 2 unspecified atom stereocenters. The zero-order valence-corrected chi connectivity index (χ0v) is 16.4. The minimum atomic E-state index is -4.76. The Bertz CT molecular complexity index is 868. The molecule has 1 aliphatic carbocycles. The molecule has 2 N–H and O–H groups in total. The average molecular weight is 424 g/mol. The summed E-state index contributed by atoms with van der Waals surface area (Å²) < 4.78 is 61.5. The summed E-state index contributed by atoms with van der Waals surface area (Å²) in [4.78, 5) is 2.12. The Morgan fingerprint density at radius 3 is 2.43 bits per heavy atom. The fourth-order valence-electron chi connectivity index (χ4n) is 3.97. The van der Waals surface area contributed by atoms with Gasteiger partial charge in [0.2, 0.25) is 0 Å². The van der Waals surface area contributed by atoms with Crippen molar-refractivity contribution in [2.24, 2.45) is 5.73 Å². The van der Waals surface area contributed by atoms with Gasteiger partial charge in [-0.15, -0.1) is 13.2 Å². The number of likely N-dealkylation sites (tertiary alicyclic amines) is 1. The summed E-state index contributed by atoms with van der Waals surface area (Å²) in [6, 6.07) is 10.1. The number of nitrogens with two attached hydrogens (primary N) is 1. The Morgan fingerprint density at radius 2 is 1.77 bits per heavy atom. The number of rotatable bonds is 6. The lowest BCUT2D eigenvalue weighted by atomic mass is 9.90. The summed E-state index contributed by atoms with van der Waals surface area (Å²) in [7, 11) is 0. The third kappa shape index (κ3) is 5.23. The van der Waals surface area contributed by atoms with Crippen LogP contribution in [0.25, 0.3) is 0 Å². The monoisotopic (exact) mass is 424 g/mol. The van der Waals surface area contributed by atoms with Crippen molar-refractivity contribution in [1.29, 1.82) is 0 Å². The highest BCUT2D eigenvalue weighted by atomic mass is 19.4. The molecule has 2 fully saturated rings. The van der Waals surface area contributed by atoms with Gasteiger partial charge in [-0.05, 0) is 68.1 Å². The van der Waals surface area contributed by atoms with E-state index < -0.39 is 6.36 Å². The van der Waals surface area contributed by atoms with Crippen LogP contribution in [-0.2, 0) is 6.54 Å². The average Bonchev–Trinajstić information content (AvgIpc) is 3.48. The molecule has 2 aliphatic rings. The van der Waals surface area contributed by atoms with Crippen molar-refractivity contribution >= 4 is 0 Å². The van der Waals surface area contributed by atoms with Gasteiger partial charge in [0.25, 0.3) is 0 Å². The van der Waals surface area contributed by atoms with Gasteiger partial charge in [0.15, 0.2) is 0 Å². The molecule has 1 saturated heterocycles. The van der Waals surface area contributed by atoms with E-state index in [4.69, 9.17) is 10.5 Å². The van der Waals surface area contributed by atoms with Crippen LogP contribution in [0.2, 0.25) is 0 Å². The molecule has 2 atom stereocenters. The fourth-order valence-corrected chi connectivity index (χ4v) is 3.97. The maximum Gasteiger partial charge on any atom is 0.573 e. The van der Waals surface area contributed by atoms with Crippen LogP contribution in [0.3, 0.4) is 0 Å². The molecule has 162 valence electrons. The summed E-state index contributed by atoms with van der Waals surface area (Å²) in [6.07, 6.45) is -1.09. The Hall–Kier alpha value is -2.32. The standard InChI is InChI=1S/C22H24F4N2O2/c23-16-5-3-14(4-6-16)21-19(27)2-1-11-28(21)13-15-12-18(30-22(24,25)26)9-10-20(15)29-17-7-8-17/h3-6,9-10,12,17,19,21H,1-2,7-8,11,13,27H2. The SMILES string of the molecule is NC1CCCN(Cc2cc(OC(F)(F)F)ccc2OC2CC2)C1c1ccc(F)cc1. The molecule has 1 heterocycles. The van der Waals surface area contributed by atoms with E-state index in [9.17, 15) is 17.6 Å². The van der Waals surface area contributed by atoms with Crippen molar-refractivity contribution in [3.05, 3.63) is 59.4 Å². The molecule has 2 aromatic carbocycles. The quantitative estimate of drug-likeness (QED) is 0.668. The number of benzene rings is 2. The predicted molar refractivity (Wildman–Crippen MR) is 104 cm³/mol. The Balaban J connectivity index is 1.62. The fraction of sp³-hybridized carbons (Fsp3) is 0.455. The largest absolute Gasteiger partial charge is 0.573 e. The van der Waals surface area contributed by atoms with Gasteiger partial charge >= 0.3 is 6.36 Å². The zero-order chi connectivity index (χ0) is 21.3. The molecule has 2 aromatic rings. The topological polar surface area (TPSA) is 47.7 Å². The normalized spacial score (nSPS) is 22.7. The molecule has 0 bridgehead atoms. The van der Waals surface area contributed by atoms with E-state index in [-0.39, 0.29) is 29.8 Å². The summed E-state index contributed by atoms with van der Waals surface area (Å²) in [5, 5.41) is 0. The van der Waals surface area contributed by atoms with Crippen molar-refractivity contribution in [2.75, 3.05) is 6.54 Å². The predicted octanol–water partition coefficient (Wildman–Crippen LogP) is 4.93. The maximum atomic E-state index is 13.4. The van der Waals surface area contributed by atoms with Gasteiger partial charge in [-0.25, -0.2) is 4.39 Å². The van der Waals surface area contributed by atoms with Crippen molar-refractivity contribution < 1.29 is 27.0 Å². The lowest BCUT2D eigenvalue weighted by Crippen LogP contribution is -2.45. The lowest BCUT2D eigenvalue weighted by molar-refractivity contribution is -0.274. The molecule has 0 radical (unpaired) electrons. The number of halogens is 4. The smallest absolute Gasteiger partial charge is 0.490 e. The Kier molecular flexibility index (Phi) is 5.88. The van der Waals surface area contributed by atoms with Gasteiger partial charge in [-0.2, -0.15) is 0 Å². The third-order valence-electron chi connectivity index (χ3n) is 5.45. The second-order valence-corrected chi connectivity index (χ2v) is 7.91. The number of piperidine rings is 1. The van der Waals surface area contributed by atoms with Gasteiger partial charge in [-0.1, -0.05) is 12.1 Å². The molecular weight excluding hydrogens is 400 g/mol. The van der Waals surface area contributed by atoms with Crippen LogP contribution < -0.4 is 15.2 Å². The molecule has 0 amide bonds. The molecule has 1 aliphatic heterocycles. The van der Waals surface area contributed by atoms with Crippen LogP contribution in [0.5, 0.6) is 11.5 Å². The Morgan fingerprint density at radius 1 is 1.03 bits per heavy atom. The highest BCUT2D eigenvalue weighted by molar-refractivity contribution is 5.41. The second-order valence-electron chi connectivity index (χ2n) is 7.91. The summed E-state index contributed by atoms with van der Waals surface area (Å²) in [5.41, 5.74) is 7.90. The summed E-state index contributed by atoms with van der Waals surface area (Å²) in [6.45, 7) is 1.08. The van der Waals surface area contributed by atoms with E-state index in [0.717, 1.165) is 37.8 Å². The molecule has 30 heavy (non-hydrogen) atoms. The summed E-state index contributed by atoms with van der Waals surface area (Å²) >= 11 is 0. The highest BCUT2D eigenvalue weighted by Crippen LogP contribution is 2.37. The molecule has 0 aromatic heterocycles. The van der Waals surface area contributed by atoms with Gasteiger partial charge in [0, 0.05) is 18.2 Å². The molecule has 1 saturated carbocycles. The van der Waals surface area contributed by atoms with E-state index in [2.05, 4.69) is 9.64 Å². The van der Waals surface area contributed by atoms with E-state index in [1.165, 1.54) is 30.3 Å². The van der Waals surface area contributed by atoms with Crippen LogP contribution in [0, 0.1) is 5.82 Å². The van der Waals surface area contributed by atoms with E-state index in [0.29, 0.717) is 17.9 Å². The van der Waals surface area contributed by atoms with Crippen LogP contribution in [0.1, 0.15) is 42.9 Å². The van der Waals surface area contributed by atoms with Gasteiger partial charge in [-0.3, -0.25) is 4.90 Å². The third-order valence-corrected chi connectivity index (χ3v) is 5.45. The molecular formula is C22H24F4N2O2. The van der Waals surface area contributed by atoms with Crippen molar-refractivity contribution in [1.82, 2.24) is 4.90 Å². The minimum absolute atomic E-state index is 0.106. The van der Waals surface area contributed by atoms with E-state index in [1.54, 1.807) is 12.1 Å². The van der Waals surface area contributed by atoms with Gasteiger partial charge < -0.3 is 15.2 Å². The molecule has 4 nitrogen and oxygen atoms in total. The number of nitrogens with zero attached hydrogens (tertiary/aromatic N) is 1. The first-order valence-electron chi connectivity index (χ1n) is 10.1. The van der Waals surface area contributed by atoms with Crippen molar-refractivity contribution in [2.45, 2.75) is 56.8 Å². The first-order valence-corrected chi connectivity index (χ1v) is 10.1. The van der Waals surface area contributed by atoms with Crippen molar-refractivity contribution in [3.63, 3.8) is 0 Å². The lowest BCUT2D eigenvalue weighted by Gasteiger charge is -2.40. The zero-order valence-electron chi connectivity index (χ0n) is 16.4. The maximum absolute atomic E-state index is 13.4. The molecule has 0 spiro atoms. The van der Waals surface area contributed by atoms with E-state index >= 15 is 0 Å². The Labute approximate surface area is 172 Å². The van der Waals surface area contributed by atoms with Crippen LogP contribution in [-0.4, -0.2) is 30.0 Å². The van der Waals surface area contributed by atoms with E-state index in [1.807, 2.05) is 0 Å².